The number of aliphatic hydroxyl groups is 2. The van der Waals surface area contributed by atoms with Crippen LogP contribution >= 0.6 is 0 Å². The molecule has 2 N–H and O–H groups in total. The fraction of sp³-hybridized carbons (Fsp3) is 0.867. The molecule has 1 heterocycles. The Balaban J connectivity index is 2.00. The van der Waals surface area contributed by atoms with Gasteiger partial charge in [-0.15, -0.1) is 0 Å². The van der Waals surface area contributed by atoms with Crippen LogP contribution < -0.4 is 0 Å². The molecule has 1 spiro atoms. The summed E-state index contributed by atoms with van der Waals surface area (Å²) in [4.78, 5) is 0. The Bertz CT molecular complexity index is 395. The van der Waals surface area contributed by atoms with E-state index in [9.17, 15) is 10.2 Å². The average Bonchev–Trinajstić information content (AvgIpc) is 2.82. The molecule has 1 saturated carbocycles. The van der Waals surface area contributed by atoms with Crippen LogP contribution in [0.1, 0.15) is 39.5 Å². The summed E-state index contributed by atoms with van der Waals surface area (Å²) in [7, 11) is 0. The van der Waals surface area contributed by atoms with Crippen molar-refractivity contribution in [3.05, 3.63) is 11.6 Å². The summed E-state index contributed by atoms with van der Waals surface area (Å²) in [5.41, 5.74) is 0.623. The standard InChI is InChI=1S/C15H24O4/c1-13(2)11-3-6-15(18-7-8-19-15)9-14(11,10-16)5-4-12(13)17/h3,12,16-17H,4-10H2,1-2H3/t12-,14+/m0/s1. The third-order valence-corrected chi connectivity index (χ3v) is 5.34. The van der Waals surface area contributed by atoms with E-state index < -0.39 is 5.79 Å². The zero-order valence-corrected chi connectivity index (χ0v) is 11.8. The van der Waals surface area contributed by atoms with E-state index in [2.05, 4.69) is 19.9 Å². The van der Waals surface area contributed by atoms with Crippen LogP contribution in [0.2, 0.25) is 0 Å². The second kappa shape index (κ2) is 4.29. The highest BCUT2D eigenvalue weighted by molar-refractivity contribution is 5.30. The lowest BCUT2D eigenvalue weighted by atomic mass is 9.54. The second-order valence-corrected chi connectivity index (χ2v) is 6.82. The lowest BCUT2D eigenvalue weighted by Crippen LogP contribution is -2.52. The highest BCUT2D eigenvalue weighted by atomic mass is 16.7. The van der Waals surface area contributed by atoms with E-state index in [0.717, 1.165) is 19.3 Å². The van der Waals surface area contributed by atoms with E-state index in [-0.39, 0.29) is 23.5 Å². The maximum Gasteiger partial charge on any atom is 0.172 e. The minimum absolute atomic E-state index is 0.101. The van der Waals surface area contributed by atoms with Crippen molar-refractivity contribution < 1.29 is 19.7 Å². The summed E-state index contributed by atoms with van der Waals surface area (Å²) < 4.78 is 11.6. The molecule has 19 heavy (non-hydrogen) atoms. The quantitative estimate of drug-likeness (QED) is 0.709. The number of ether oxygens (including phenoxy) is 2. The van der Waals surface area contributed by atoms with Gasteiger partial charge in [0.05, 0.1) is 25.9 Å². The van der Waals surface area contributed by atoms with Crippen LogP contribution in [-0.2, 0) is 9.47 Å². The van der Waals surface area contributed by atoms with Gasteiger partial charge in [0, 0.05) is 23.7 Å². The summed E-state index contributed by atoms with van der Waals surface area (Å²) in [6.45, 7) is 5.51. The minimum Gasteiger partial charge on any atom is -0.395 e. The largest absolute Gasteiger partial charge is 0.395 e. The molecule has 0 bridgehead atoms. The number of hydrogen-bond acceptors (Lipinski definition) is 4. The monoisotopic (exact) mass is 268 g/mol. The van der Waals surface area contributed by atoms with Crippen molar-refractivity contribution in [1.82, 2.24) is 0 Å². The highest BCUT2D eigenvalue weighted by Crippen LogP contribution is 2.58. The van der Waals surface area contributed by atoms with Crippen LogP contribution in [-0.4, -0.2) is 41.9 Å². The van der Waals surface area contributed by atoms with E-state index in [4.69, 9.17) is 9.47 Å². The molecule has 0 aromatic carbocycles. The van der Waals surface area contributed by atoms with Crippen molar-refractivity contribution in [2.45, 2.75) is 51.4 Å². The van der Waals surface area contributed by atoms with E-state index in [1.165, 1.54) is 5.57 Å². The molecule has 2 fully saturated rings. The molecular weight excluding hydrogens is 244 g/mol. The Kier molecular flexibility index (Phi) is 3.06. The molecule has 4 nitrogen and oxygen atoms in total. The van der Waals surface area contributed by atoms with Gasteiger partial charge in [0.25, 0.3) is 0 Å². The van der Waals surface area contributed by atoms with Crippen LogP contribution in [0.3, 0.4) is 0 Å². The Morgan fingerprint density at radius 2 is 2.00 bits per heavy atom. The van der Waals surface area contributed by atoms with Crippen LogP contribution in [0.4, 0.5) is 0 Å². The van der Waals surface area contributed by atoms with Gasteiger partial charge in [0.1, 0.15) is 0 Å². The first-order valence-electron chi connectivity index (χ1n) is 7.22. The zero-order valence-electron chi connectivity index (χ0n) is 11.8. The Morgan fingerprint density at radius 1 is 1.32 bits per heavy atom. The minimum atomic E-state index is -0.537. The van der Waals surface area contributed by atoms with E-state index in [1.807, 2.05) is 0 Å². The Hall–Kier alpha value is -0.420. The molecule has 2 atom stereocenters. The van der Waals surface area contributed by atoms with E-state index in [1.54, 1.807) is 0 Å². The molecule has 0 aromatic rings. The smallest absolute Gasteiger partial charge is 0.172 e. The third-order valence-electron chi connectivity index (χ3n) is 5.34. The molecule has 3 aliphatic rings. The lowest BCUT2D eigenvalue weighted by molar-refractivity contribution is -0.192. The summed E-state index contributed by atoms with van der Waals surface area (Å²) in [6, 6.07) is 0. The fourth-order valence-corrected chi connectivity index (χ4v) is 4.22. The van der Waals surface area contributed by atoms with Gasteiger partial charge in [-0.1, -0.05) is 25.5 Å². The van der Waals surface area contributed by atoms with E-state index in [0.29, 0.717) is 19.6 Å². The Morgan fingerprint density at radius 3 is 2.63 bits per heavy atom. The number of hydrogen-bond donors (Lipinski definition) is 2. The lowest BCUT2D eigenvalue weighted by Gasteiger charge is -2.54. The molecule has 0 aromatic heterocycles. The molecule has 1 saturated heterocycles. The third kappa shape index (κ3) is 1.88. The predicted octanol–water partition coefficient (Wildman–Crippen LogP) is 1.61. The Labute approximate surface area is 114 Å². The van der Waals surface area contributed by atoms with Crippen molar-refractivity contribution in [2.24, 2.45) is 10.8 Å². The molecule has 3 rings (SSSR count). The van der Waals surface area contributed by atoms with Crippen molar-refractivity contribution in [1.29, 1.82) is 0 Å². The number of fused-ring (bicyclic) bond motifs is 1. The van der Waals surface area contributed by atoms with Crippen LogP contribution in [0, 0.1) is 10.8 Å². The molecular formula is C15H24O4. The number of aliphatic hydroxyl groups excluding tert-OH is 2. The van der Waals surface area contributed by atoms with Gasteiger partial charge < -0.3 is 19.7 Å². The van der Waals surface area contributed by atoms with Crippen LogP contribution in [0.5, 0.6) is 0 Å². The van der Waals surface area contributed by atoms with Gasteiger partial charge in [-0.2, -0.15) is 0 Å². The molecule has 108 valence electrons. The summed E-state index contributed by atoms with van der Waals surface area (Å²) in [6.07, 6.45) is 4.76. The fourth-order valence-electron chi connectivity index (χ4n) is 4.22. The van der Waals surface area contributed by atoms with Gasteiger partial charge >= 0.3 is 0 Å². The molecule has 0 radical (unpaired) electrons. The van der Waals surface area contributed by atoms with Gasteiger partial charge in [-0.25, -0.2) is 0 Å². The topological polar surface area (TPSA) is 58.9 Å². The summed E-state index contributed by atoms with van der Waals surface area (Å²) in [5.74, 6) is -0.537. The first kappa shape index (κ1) is 13.6. The maximum atomic E-state index is 10.3. The number of rotatable bonds is 1. The zero-order chi connectivity index (χ0) is 13.7. The average molecular weight is 268 g/mol. The molecule has 2 aliphatic carbocycles. The van der Waals surface area contributed by atoms with Gasteiger partial charge in [0.2, 0.25) is 0 Å². The van der Waals surface area contributed by atoms with E-state index >= 15 is 0 Å². The van der Waals surface area contributed by atoms with Crippen molar-refractivity contribution >= 4 is 0 Å². The van der Waals surface area contributed by atoms with Crippen molar-refractivity contribution in [2.75, 3.05) is 19.8 Å². The first-order valence-corrected chi connectivity index (χ1v) is 7.22. The summed E-state index contributed by atoms with van der Waals surface area (Å²) >= 11 is 0. The van der Waals surface area contributed by atoms with Gasteiger partial charge in [0.15, 0.2) is 5.79 Å². The molecule has 4 heteroatoms. The van der Waals surface area contributed by atoms with Crippen LogP contribution in [0.15, 0.2) is 11.6 Å². The van der Waals surface area contributed by atoms with Gasteiger partial charge in [-0.3, -0.25) is 0 Å². The maximum absolute atomic E-state index is 10.3. The normalized spacial score (nSPS) is 40.0. The molecule has 0 unspecified atom stereocenters. The molecule has 1 aliphatic heterocycles. The highest BCUT2D eigenvalue weighted by Gasteiger charge is 2.56. The molecule has 0 amide bonds. The summed E-state index contributed by atoms with van der Waals surface area (Å²) in [5, 5.41) is 20.3. The SMILES string of the molecule is CC1(C)C2=CCC3(C[C@@]2(CO)CC[C@@H]1O)OCCO3. The predicted molar refractivity (Wildman–Crippen MR) is 70.5 cm³/mol. The first-order chi connectivity index (χ1) is 8.94. The second-order valence-electron chi connectivity index (χ2n) is 6.82. The van der Waals surface area contributed by atoms with Crippen LogP contribution in [0.25, 0.3) is 0 Å². The van der Waals surface area contributed by atoms with Gasteiger partial charge in [-0.05, 0) is 12.8 Å². The van der Waals surface area contributed by atoms with Crippen molar-refractivity contribution in [3.63, 3.8) is 0 Å². The van der Waals surface area contributed by atoms with Crippen molar-refractivity contribution in [3.8, 4) is 0 Å².